The average molecular weight is 337 g/mol. The highest BCUT2D eigenvalue weighted by atomic mass is 16.2. The maximum Gasteiger partial charge on any atom is 0.232 e. The van der Waals surface area contributed by atoms with Gasteiger partial charge in [0, 0.05) is 30.3 Å². The molecule has 0 saturated carbocycles. The maximum atomic E-state index is 12.6. The van der Waals surface area contributed by atoms with Crippen molar-refractivity contribution in [2.24, 2.45) is 10.9 Å². The molecule has 0 bridgehead atoms. The van der Waals surface area contributed by atoms with Gasteiger partial charge >= 0.3 is 0 Å². The van der Waals surface area contributed by atoms with E-state index < -0.39 is 0 Å². The molecular weight excluding hydrogens is 314 g/mol. The predicted octanol–water partition coefficient (Wildman–Crippen LogP) is 3.03. The fourth-order valence-corrected chi connectivity index (χ4v) is 3.08. The first-order valence-corrected chi connectivity index (χ1v) is 8.68. The topological polar surface area (TPSA) is 63.5 Å². The van der Waals surface area contributed by atoms with E-state index in [1.165, 1.54) is 0 Å². The van der Waals surface area contributed by atoms with Crippen LogP contribution in [0.3, 0.4) is 0 Å². The van der Waals surface area contributed by atoms with E-state index in [1.807, 2.05) is 56.3 Å². The van der Waals surface area contributed by atoms with Crippen molar-refractivity contribution in [1.82, 2.24) is 4.57 Å². The van der Waals surface area contributed by atoms with Gasteiger partial charge in [0.1, 0.15) is 5.49 Å². The normalized spacial score (nSPS) is 17.3. The quantitative estimate of drug-likeness (QED) is 0.932. The molecule has 1 aliphatic rings. The minimum atomic E-state index is -0.173. The van der Waals surface area contributed by atoms with Crippen LogP contribution in [0.2, 0.25) is 0 Å². The molecule has 5 heteroatoms. The predicted molar refractivity (Wildman–Crippen MR) is 97.3 cm³/mol. The first-order valence-electron chi connectivity index (χ1n) is 8.68. The summed E-state index contributed by atoms with van der Waals surface area (Å²) in [6, 6.07) is 13.5. The molecule has 1 aliphatic heterocycles. The number of anilines is 1. The van der Waals surface area contributed by atoms with Crippen LogP contribution in [0.25, 0.3) is 0 Å². The largest absolute Gasteiger partial charge is 0.326 e. The van der Waals surface area contributed by atoms with Crippen molar-refractivity contribution in [1.29, 1.82) is 0 Å². The SMILES string of the molecule is CC(C)N=c1ccccn1C(=O)CCC1Cc2ccccc2NC1=O. The number of nitrogens with zero attached hydrogens (tertiary/aromatic N) is 2. The minimum absolute atomic E-state index is 0.00310. The lowest BCUT2D eigenvalue weighted by molar-refractivity contribution is -0.120. The second kappa shape index (κ2) is 7.47. The van der Waals surface area contributed by atoms with Gasteiger partial charge in [-0.3, -0.25) is 19.1 Å². The summed E-state index contributed by atoms with van der Waals surface area (Å²) in [7, 11) is 0. The van der Waals surface area contributed by atoms with Crippen molar-refractivity contribution >= 4 is 17.5 Å². The van der Waals surface area contributed by atoms with E-state index in [4.69, 9.17) is 0 Å². The number of hydrogen-bond donors (Lipinski definition) is 1. The zero-order valence-electron chi connectivity index (χ0n) is 14.6. The van der Waals surface area contributed by atoms with Gasteiger partial charge in [0.05, 0.1) is 0 Å². The van der Waals surface area contributed by atoms with Gasteiger partial charge in [-0.1, -0.05) is 24.3 Å². The van der Waals surface area contributed by atoms with E-state index >= 15 is 0 Å². The smallest absolute Gasteiger partial charge is 0.232 e. The van der Waals surface area contributed by atoms with Crippen LogP contribution < -0.4 is 10.8 Å². The summed E-state index contributed by atoms with van der Waals surface area (Å²) in [5.74, 6) is -0.211. The summed E-state index contributed by atoms with van der Waals surface area (Å²) < 4.78 is 1.58. The lowest BCUT2D eigenvalue weighted by Gasteiger charge is -2.24. The molecule has 0 radical (unpaired) electrons. The molecule has 0 saturated heterocycles. The Bertz CT molecular complexity index is 852. The van der Waals surface area contributed by atoms with E-state index in [1.54, 1.807) is 10.8 Å². The van der Waals surface area contributed by atoms with Gasteiger partial charge in [0.15, 0.2) is 0 Å². The summed E-state index contributed by atoms with van der Waals surface area (Å²) in [6.07, 6.45) is 3.26. The molecule has 2 heterocycles. The average Bonchev–Trinajstić information content (AvgIpc) is 2.59. The number of carbonyl (C=O) groups excluding carboxylic acids is 2. The Balaban J connectivity index is 1.71. The van der Waals surface area contributed by atoms with Crippen LogP contribution >= 0.6 is 0 Å². The minimum Gasteiger partial charge on any atom is -0.326 e. The van der Waals surface area contributed by atoms with Gasteiger partial charge in [0.25, 0.3) is 0 Å². The second-order valence-corrected chi connectivity index (χ2v) is 6.63. The van der Waals surface area contributed by atoms with Gasteiger partial charge in [-0.2, -0.15) is 0 Å². The molecule has 1 atom stereocenters. The molecule has 130 valence electrons. The molecule has 1 N–H and O–H groups in total. The Morgan fingerprint density at radius 2 is 2.00 bits per heavy atom. The molecule has 0 spiro atoms. The zero-order chi connectivity index (χ0) is 17.8. The number of rotatable bonds is 4. The lowest BCUT2D eigenvalue weighted by atomic mass is 9.89. The Morgan fingerprint density at radius 3 is 2.80 bits per heavy atom. The van der Waals surface area contributed by atoms with Gasteiger partial charge in [-0.15, -0.1) is 0 Å². The molecule has 1 aromatic carbocycles. The van der Waals surface area contributed by atoms with Gasteiger partial charge in [0.2, 0.25) is 11.8 Å². The molecule has 3 rings (SSSR count). The fraction of sp³-hybridized carbons (Fsp3) is 0.350. The first-order chi connectivity index (χ1) is 12.0. The monoisotopic (exact) mass is 337 g/mol. The third-order valence-corrected chi connectivity index (χ3v) is 4.32. The number of amides is 1. The van der Waals surface area contributed by atoms with E-state index in [0.29, 0.717) is 24.8 Å². The lowest BCUT2D eigenvalue weighted by Crippen LogP contribution is -2.32. The van der Waals surface area contributed by atoms with Crippen molar-refractivity contribution in [3.05, 3.63) is 59.7 Å². The second-order valence-electron chi connectivity index (χ2n) is 6.63. The molecule has 5 nitrogen and oxygen atoms in total. The highest BCUT2D eigenvalue weighted by molar-refractivity contribution is 5.96. The zero-order valence-corrected chi connectivity index (χ0v) is 14.6. The Labute approximate surface area is 147 Å². The van der Waals surface area contributed by atoms with Crippen molar-refractivity contribution in [3.8, 4) is 0 Å². The van der Waals surface area contributed by atoms with Gasteiger partial charge < -0.3 is 5.32 Å². The Hall–Kier alpha value is -2.69. The standard InChI is InChI=1S/C20H23N3O2/c1-14(2)21-18-9-5-6-12-23(18)19(24)11-10-16-13-15-7-3-4-8-17(15)22-20(16)25/h3-9,12,14,16H,10-11,13H2,1-2H3,(H,22,25). The Kier molecular flexibility index (Phi) is 5.12. The Morgan fingerprint density at radius 1 is 1.24 bits per heavy atom. The molecule has 0 fully saturated rings. The number of aromatic nitrogens is 1. The molecule has 0 aliphatic carbocycles. The first kappa shape index (κ1) is 17.1. The van der Waals surface area contributed by atoms with Crippen LogP contribution in [0.4, 0.5) is 5.69 Å². The van der Waals surface area contributed by atoms with E-state index in [0.717, 1.165) is 11.3 Å². The fourth-order valence-electron chi connectivity index (χ4n) is 3.08. The number of para-hydroxylation sites is 1. The third-order valence-electron chi connectivity index (χ3n) is 4.32. The van der Waals surface area contributed by atoms with E-state index in [-0.39, 0.29) is 23.8 Å². The summed E-state index contributed by atoms with van der Waals surface area (Å²) >= 11 is 0. The highest BCUT2D eigenvalue weighted by Gasteiger charge is 2.26. The summed E-state index contributed by atoms with van der Waals surface area (Å²) in [5, 5.41) is 2.94. The van der Waals surface area contributed by atoms with Crippen molar-refractivity contribution < 1.29 is 9.59 Å². The van der Waals surface area contributed by atoms with E-state index in [9.17, 15) is 9.59 Å². The van der Waals surface area contributed by atoms with Crippen LogP contribution in [0.1, 0.15) is 37.0 Å². The maximum absolute atomic E-state index is 12.6. The van der Waals surface area contributed by atoms with Crippen molar-refractivity contribution in [3.63, 3.8) is 0 Å². The van der Waals surface area contributed by atoms with Gasteiger partial charge in [-0.25, -0.2) is 0 Å². The third kappa shape index (κ3) is 4.05. The molecular formula is C20H23N3O2. The van der Waals surface area contributed by atoms with Crippen molar-refractivity contribution in [2.45, 2.75) is 39.2 Å². The number of nitrogens with one attached hydrogen (secondary N) is 1. The number of benzene rings is 1. The van der Waals surface area contributed by atoms with Crippen LogP contribution in [-0.2, 0) is 11.2 Å². The molecule has 1 aromatic heterocycles. The molecule has 25 heavy (non-hydrogen) atoms. The van der Waals surface area contributed by atoms with Crippen LogP contribution in [0.15, 0.2) is 53.7 Å². The van der Waals surface area contributed by atoms with E-state index in [2.05, 4.69) is 10.3 Å². The molecule has 1 unspecified atom stereocenters. The number of pyridine rings is 1. The number of carbonyl (C=O) groups is 2. The number of fused-ring (bicyclic) bond motifs is 1. The van der Waals surface area contributed by atoms with Crippen LogP contribution in [0.5, 0.6) is 0 Å². The number of hydrogen-bond acceptors (Lipinski definition) is 3. The summed E-state index contributed by atoms with van der Waals surface area (Å²) in [6.45, 7) is 3.96. The molecule has 1 amide bonds. The summed E-state index contributed by atoms with van der Waals surface area (Å²) in [5.41, 5.74) is 2.66. The van der Waals surface area contributed by atoms with Crippen molar-refractivity contribution in [2.75, 3.05) is 5.32 Å². The van der Waals surface area contributed by atoms with Gasteiger partial charge in [-0.05, 0) is 50.5 Å². The molecule has 2 aromatic rings. The van der Waals surface area contributed by atoms with Crippen LogP contribution in [-0.4, -0.2) is 22.4 Å². The highest BCUT2D eigenvalue weighted by Crippen LogP contribution is 2.27. The van der Waals surface area contributed by atoms with Crippen LogP contribution in [0, 0.1) is 5.92 Å². The summed E-state index contributed by atoms with van der Waals surface area (Å²) in [4.78, 5) is 29.4.